The average molecular weight is 445 g/mol. The first-order valence-corrected chi connectivity index (χ1v) is 9.30. The molecule has 4 rings (SSSR count). The summed E-state index contributed by atoms with van der Waals surface area (Å²) in [5.41, 5.74) is -1.34. The third-order valence-corrected chi connectivity index (χ3v) is 5.28. The first kappa shape index (κ1) is 21.3. The number of Topliss-reactive ketones (excluding diaryl/α,β-unsaturated/α-hetero) is 1. The fourth-order valence-corrected chi connectivity index (χ4v) is 4.24. The van der Waals surface area contributed by atoms with Crippen molar-refractivity contribution in [2.45, 2.75) is 45.1 Å². The number of nitrogens with zero attached hydrogens (tertiary/aromatic N) is 1. The molecule has 1 atom stereocenters. The van der Waals surface area contributed by atoms with Gasteiger partial charge < -0.3 is 10.1 Å². The van der Waals surface area contributed by atoms with Gasteiger partial charge in [0.05, 0.1) is 0 Å². The molecule has 1 aliphatic carbocycles. The third-order valence-electron chi connectivity index (χ3n) is 5.28. The molecule has 1 aromatic heterocycles. The molecule has 0 spiro atoms. The lowest BCUT2D eigenvalue weighted by Gasteiger charge is -2.38. The summed E-state index contributed by atoms with van der Waals surface area (Å²) in [6.45, 7) is 3.70. The van der Waals surface area contributed by atoms with Crippen LogP contribution in [0.3, 0.4) is 0 Å². The number of ketones is 1. The van der Waals surface area contributed by atoms with Gasteiger partial charge in [-0.25, -0.2) is 0 Å². The first-order chi connectivity index (χ1) is 14.3. The van der Waals surface area contributed by atoms with Crippen LogP contribution < -0.4 is 10.1 Å². The topological polar surface area (TPSA) is 67.0 Å². The van der Waals surface area contributed by atoms with E-state index in [1.165, 1.54) is 12.1 Å². The number of ether oxygens (including phenoxy) is 1. The number of hydrogen-bond donors (Lipinski definition) is 2. The highest BCUT2D eigenvalue weighted by Crippen LogP contribution is 2.51. The molecule has 5 nitrogen and oxygen atoms in total. The lowest BCUT2D eigenvalue weighted by Crippen LogP contribution is -2.34. The number of rotatable bonds is 2. The van der Waals surface area contributed by atoms with Crippen LogP contribution in [-0.2, 0) is 11.0 Å². The van der Waals surface area contributed by atoms with E-state index in [1.807, 2.05) is 18.9 Å². The minimum Gasteiger partial charge on any atom is -0.406 e. The summed E-state index contributed by atoms with van der Waals surface area (Å²) in [5.74, 6) is -2.32. The molecule has 0 saturated heterocycles. The number of aromatic amines is 1. The standard InChI is InChI=1S/C20H17F6N3O2/c1-18(2)7-11-14(12(30)8-18)13(9-4-3-5-10(6-9)31-20(24,25)26)15-16(19(21,22)23)28-29-17(15)27-11/h3-6,13H,7-8H2,1-2H3,(H2,27,28,29). The van der Waals surface area contributed by atoms with Crippen molar-refractivity contribution in [1.29, 1.82) is 0 Å². The molecule has 1 aromatic carbocycles. The van der Waals surface area contributed by atoms with Gasteiger partial charge in [0.2, 0.25) is 0 Å². The number of allylic oxidation sites excluding steroid dienone is 2. The highest BCUT2D eigenvalue weighted by molar-refractivity contribution is 6.01. The summed E-state index contributed by atoms with van der Waals surface area (Å²) >= 11 is 0. The van der Waals surface area contributed by atoms with Gasteiger partial charge in [0.15, 0.2) is 11.6 Å². The summed E-state index contributed by atoms with van der Waals surface area (Å²) in [4.78, 5) is 13.0. The lowest BCUT2D eigenvalue weighted by molar-refractivity contribution is -0.274. The van der Waals surface area contributed by atoms with Gasteiger partial charge in [0.1, 0.15) is 11.4 Å². The summed E-state index contributed by atoms with van der Waals surface area (Å²) in [6.07, 6.45) is -9.32. The Labute approximate surface area is 172 Å². The van der Waals surface area contributed by atoms with Crippen molar-refractivity contribution in [1.82, 2.24) is 10.2 Å². The maximum absolute atomic E-state index is 13.7. The van der Waals surface area contributed by atoms with E-state index in [9.17, 15) is 31.1 Å². The molecule has 1 unspecified atom stereocenters. The fourth-order valence-electron chi connectivity index (χ4n) is 4.24. The minimum atomic E-state index is -4.97. The van der Waals surface area contributed by atoms with Crippen molar-refractivity contribution in [3.8, 4) is 5.75 Å². The Hall–Kier alpha value is -2.98. The average Bonchev–Trinajstić information content (AvgIpc) is 3.01. The van der Waals surface area contributed by atoms with Crippen molar-refractivity contribution in [2.24, 2.45) is 5.41 Å². The molecule has 0 amide bonds. The maximum Gasteiger partial charge on any atom is 0.573 e. The van der Waals surface area contributed by atoms with Gasteiger partial charge in [0.25, 0.3) is 0 Å². The quantitative estimate of drug-likeness (QED) is 0.597. The van der Waals surface area contributed by atoms with Crippen LogP contribution in [0.2, 0.25) is 0 Å². The predicted octanol–water partition coefficient (Wildman–Crippen LogP) is 5.53. The molecule has 0 radical (unpaired) electrons. The number of alkyl halides is 6. The Kier molecular flexibility index (Phi) is 4.64. The van der Waals surface area contributed by atoms with Crippen LogP contribution >= 0.6 is 0 Å². The van der Waals surface area contributed by atoms with E-state index in [-0.39, 0.29) is 34.7 Å². The molecular weight excluding hydrogens is 428 g/mol. The van der Waals surface area contributed by atoms with Gasteiger partial charge >= 0.3 is 12.5 Å². The predicted molar refractivity (Wildman–Crippen MR) is 97.2 cm³/mol. The van der Waals surface area contributed by atoms with E-state index in [0.717, 1.165) is 12.1 Å². The Balaban J connectivity index is 1.92. The second-order valence-corrected chi connectivity index (χ2v) is 8.37. The van der Waals surface area contributed by atoms with Gasteiger partial charge in [-0.15, -0.1) is 13.2 Å². The number of nitrogens with one attached hydrogen (secondary N) is 2. The summed E-state index contributed by atoms with van der Waals surface area (Å²) < 4.78 is 83.0. The molecule has 2 aliphatic rings. The molecular formula is C20H17F6N3O2. The number of anilines is 1. The van der Waals surface area contributed by atoms with Crippen molar-refractivity contribution in [2.75, 3.05) is 5.32 Å². The molecule has 31 heavy (non-hydrogen) atoms. The minimum absolute atomic E-state index is 0.0666. The Morgan fingerprint density at radius 1 is 1.13 bits per heavy atom. The van der Waals surface area contributed by atoms with Crippen LogP contribution in [0, 0.1) is 5.41 Å². The molecule has 0 saturated carbocycles. The molecule has 11 heteroatoms. The number of halogens is 6. The monoisotopic (exact) mass is 445 g/mol. The Morgan fingerprint density at radius 3 is 2.48 bits per heavy atom. The third kappa shape index (κ3) is 4.00. The molecule has 2 heterocycles. The van der Waals surface area contributed by atoms with E-state index in [2.05, 4.69) is 15.2 Å². The molecule has 1 aliphatic heterocycles. The van der Waals surface area contributed by atoms with E-state index < -0.39 is 35.3 Å². The van der Waals surface area contributed by atoms with Crippen LogP contribution in [0.1, 0.15) is 49.4 Å². The summed E-state index contributed by atoms with van der Waals surface area (Å²) in [7, 11) is 0. The van der Waals surface area contributed by atoms with Crippen LogP contribution in [0.15, 0.2) is 35.5 Å². The molecule has 0 bridgehead atoms. The van der Waals surface area contributed by atoms with Crippen LogP contribution in [0.25, 0.3) is 0 Å². The highest BCUT2D eigenvalue weighted by Gasteiger charge is 2.47. The van der Waals surface area contributed by atoms with E-state index in [0.29, 0.717) is 12.1 Å². The Morgan fingerprint density at radius 2 is 1.84 bits per heavy atom. The van der Waals surface area contributed by atoms with Gasteiger partial charge in [-0.05, 0) is 29.5 Å². The number of benzene rings is 1. The zero-order valence-electron chi connectivity index (χ0n) is 16.3. The number of hydrogen-bond acceptors (Lipinski definition) is 4. The van der Waals surface area contributed by atoms with Crippen LogP contribution in [0.4, 0.5) is 32.2 Å². The number of aromatic nitrogens is 2. The molecule has 166 valence electrons. The first-order valence-electron chi connectivity index (χ1n) is 9.30. The van der Waals surface area contributed by atoms with Gasteiger partial charge in [-0.1, -0.05) is 26.0 Å². The normalized spacial score (nSPS) is 20.8. The number of H-pyrrole nitrogens is 1. The largest absolute Gasteiger partial charge is 0.573 e. The van der Waals surface area contributed by atoms with Crippen molar-refractivity contribution < 1.29 is 35.9 Å². The number of carbonyl (C=O) groups excluding carboxylic acids is 1. The van der Waals surface area contributed by atoms with E-state index in [4.69, 9.17) is 0 Å². The van der Waals surface area contributed by atoms with E-state index in [1.54, 1.807) is 0 Å². The highest BCUT2D eigenvalue weighted by atomic mass is 19.4. The van der Waals surface area contributed by atoms with Crippen LogP contribution in [-0.4, -0.2) is 22.3 Å². The smallest absolute Gasteiger partial charge is 0.406 e. The van der Waals surface area contributed by atoms with Gasteiger partial charge in [-0.3, -0.25) is 9.89 Å². The number of fused-ring (bicyclic) bond motifs is 1. The zero-order valence-corrected chi connectivity index (χ0v) is 16.3. The van der Waals surface area contributed by atoms with E-state index >= 15 is 0 Å². The zero-order chi connectivity index (χ0) is 22.8. The molecule has 0 fully saturated rings. The summed E-state index contributed by atoms with van der Waals surface area (Å²) in [5, 5.41) is 8.53. The molecule has 2 aromatic rings. The number of carbonyl (C=O) groups is 1. The van der Waals surface area contributed by atoms with Crippen LogP contribution in [0.5, 0.6) is 5.75 Å². The van der Waals surface area contributed by atoms with Crippen molar-refractivity contribution in [3.05, 3.63) is 52.4 Å². The fraction of sp³-hybridized carbons (Fsp3) is 0.400. The summed E-state index contributed by atoms with van der Waals surface area (Å²) in [6, 6.07) is 4.65. The van der Waals surface area contributed by atoms with Gasteiger partial charge in [-0.2, -0.15) is 18.3 Å². The van der Waals surface area contributed by atoms with Crippen molar-refractivity contribution in [3.63, 3.8) is 0 Å². The second kappa shape index (κ2) is 6.76. The Bertz CT molecular complexity index is 1080. The van der Waals surface area contributed by atoms with Gasteiger partial charge in [0, 0.05) is 29.2 Å². The molecule has 2 N–H and O–H groups in total. The van der Waals surface area contributed by atoms with Crippen molar-refractivity contribution >= 4 is 11.6 Å². The second-order valence-electron chi connectivity index (χ2n) is 8.37. The SMILES string of the molecule is CC1(C)CC(=O)C2=C(C1)Nc1n[nH]c(C(F)(F)F)c1C2c1cccc(OC(F)(F)F)c1. The maximum atomic E-state index is 13.7. The lowest BCUT2D eigenvalue weighted by atomic mass is 9.69.